The molecule has 3 aromatic rings. The normalized spacial score (nSPS) is 10.5. The highest BCUT2D eigenvalue weighted by atomic mass is 32.1. The van der Waals surface area contributed by atoms with Crippen molar-refractivity contribution >= 4 is 17.9 Å². The summed E-state index contributed by atoms with van der Waals surface area (Å²) in [5.41, 5.74) is 1.92. The predicted octanol–water partition coefficient (Wildman–Crippen LogP) is 3.56. The highest BCUT2D eigenvalue weighted by molar-refractivity contribution is 7.71. The van der Waals surface area contributed by atoms with Gasteiger partial charge in [0.05, 0.1) is 11.5 Å². The Hall–Kier alpha value is -2.80. The number of hydrogen-bond donors (Lipinski definition) is 1. The van der Waals surface area contributed by atoms with Crippen LogP contribution in [0.3, 0.4) is 0 Å². The number of rotatable bonds is 4. The number of H-pyrrole nitrogens is 1. The number of non-ortho nitro benzene ring substituents is 1. The molecule has 0 fully saturated rings. The quantitative estimate of drug-likeness (QED) is 0.454. The largest absolute Gasteiger partial charge is 0.296 e. The van der Waals surface area contributed by atoms with Crippen molar-refractivity contribution in [3.05, 3.63) is 75.0 Å². The predicted molar refractivity (Wildman–Crippen MR) is 85.0 cm³/mol. The molecular weight excluding hydrogens is 300 g/mol. The number of aromatic amines is 1. The summed E-state index contributed by atoms with van der Waals surface area (Å²) in [6.45, 7) is 0.586. The van der Waals surface area contributed by atoms with E-state index in [1.54, 1.807) is 12.1 Å². The molecule has 0 bridgehead atoms. The minimum atomic E-state index is -0.426. The van der Waals surface area contributed by atoms with Gasteiger partial charge in [0, 0.05) is 17.7 Å². The van der Waals surface area contributed by atoms with Crippen LogP contribution in [0.5, 0.6) is 0 Å². The van der Waals surface area contributed by atoms with Gasteiger partial charge in [0.1, 0.15) is 0 Å². The number of nitrogens with one attached hydrogen (secondary N) is 1. The Kier molecular flexibility index (Phi) is 3.80. The van der Waals surface area contributed by atoms with Gasteiger partial charge in [-0.05, 0) is 29.9 Å². The first-order valence-electron chi connectivity index (χ1n) is 6.59. The molecule has 0 unspecified atom stereocenters. The molecule has 0 aliphatic carbocycles. The first-order valence-corrected chi connectivity index (χ1v) is 7.00. The Morgan fingerprint density at radius 1 is 1.14 bits per heavy atom. The summed E-state index contributed by atoms with van der Waals surface area (Å²) >= 11 is 5.28. The highest BCUT2D eigenvalue weighted by Crippen LogP contribution is 2.21. The molecule has 0 spiro atoms. The van der Waals surface area contributed by atoms with E-state index in [1.165, 1.54) is 12.1 Å². The molecule has 3 rings (SSSR count). The van der Waals surface area contributed by atoms with Crippen LogP contribution in [-0.2, 0) is 6.54 Å². The summed E-state index contributed by atoms with van der Waals surface area (Å²) in [6.07, 6.45) is 0. The van der Waals surface area contributed by atoms with E-state index in [4.69, 9.17) is 12.2 Å². The second-order valence-electron chi connectivity index (χ2n) is 4.73. The van der Waals surface area contributed by atoms with Gasteiger partial charge in [-0.15, -0.1) is 0 Å². The van der Waals surface area contributed by atoms with Crippen LogP contribution in [0, 0.1) is 14.9 Å². The van der Waals surface area contributed by atoms with Gasteiger partial charge in [-0.1, -0.05) is 30.3 Å². The SMILES string of the molecule is O=[N+]([O-])c1ccc(-c2n[nH]c(=S)n2Cc2ccccc2)cc1. The fourth-order valence-electron chi connectivity index (χ4n) is 2.18. The average molecular weight is 312 g/mol. The molecular formula is C15H12N4O2S. The summed E-state index contributed by atoms with van der Waals surface area (Å²) in [7, 11) is 0. The van der Waals surface area contributed by atoms with Crippen molar-refractivity contribution in [1.82, 2.24) is 14.8 Å². The summed E-state index contributed by atoms with van der Waals surface area (Å²) in [5, 5.41) is 17.7. The van der Waals surface area contributed by atoms with Crippen LogP contribution in [0.15, 0.2) is 54.6 Å². The van der Waals surface area contributed by atoms with E-state index in [0.717, 1.165) is 11.1 Å². The van der Waals surface area contributed by atoms with Crippen LogP contribution in [0.1, 0.15) is 5.56 Å². The van der Waals surface area contributed by atoms with Crippen molar-refractivity contribution in [2.45, 2.75) is 6.54 Å². The Labute approximate surface area is 131 Å². The molecule has 1 N–H and O–H groups in total. The number of benzene rings is 2. The first kappa shape index (κ1) is 14.2. The van der Waals surface area contributed by atoms with Crippen LogP contribution in [-0.4, -0.2) is 19.7 Å². The minimum absolute atomic E-state index is 0.0486. The Morgan fingerprint density at radius 2 is 1.82 bits per heavy atom. The smallest absolute Gasteiger partial charge is 0.269 e. The summed E-state index contributed by atoms with van der Waals surface area (Å²) < 4.78 is 2.38. The lowest BCUT2D eigenvalue weighted by atomic mass is 10.2. The molecule has 0 aliphatic rings. The molecule has 2 aromatic carbocycles. The maximum Gasteiger partial charge on any atom is 0.269 e. The third kappa shape index (κ3) is 2.79. The number of aromatic nitrogens is 3. The van der Waals surface area contributed by atoms with Gasteiger partial charge in [-0.2, -0.15) is 5.10 Å². The van der Waals surface area contributed by atoms with E-state index >= 15 is 0 Å². The van der Waals surface area contributed by atoms with Crippen LogP contribution in [0.4, 0.5) is 5.69 Å². The molecule has 110 valence electrons. The molecule has 0 saturated heterocycles. The van der Waals surface area contributed by atoms with Crippen LogP contribution in [0.2, 0.25) is 0 Å². The van der Waals surface area contributed by atoms with Crippen LogP contribution >= 0.6 is 12.2 Å². The van der Waals surface area contributed by atoms with Gasteiger partial charge >= 0.3 is 0 Å². The first-order chi connectivity index (χ1) is 10.6. The van der Waals surface area contributed by atoms with E-state index < -0.39 is 4.92 Å². The molecule has 0 radical (unpaired) electrons. The lowest BCUT2D eigenvalue weighted by molar-refractivity contribution is -0.384. The summed E-state index contributed by atoms with van der Waals surface area (Å²) in [6, 6.07) is 16.2. The van der Waals surface area contributed by atoms with Gasteiger partial charge < -0.3 is 0 Å². The zero-order chi connectivity index (χ0) is 15.5. The number of hydrogen-bond acceptors (Lipinski definition) is 4. The third-order valence-corrected chi connectivity index (χ3v) is 3.59. The van der Waals surface area contributed by atoms with Crippen LogP contribution in [0.25, 0.3) is 11.4 Å². The molecule has 0 amide bonds. The minimum Gasteiger partial charge on any atom is -0.296 e. The average Bonchev–Trinajstić information content (AvgIpc) is 2.89. The molecule has 22 heavy (non-hydrogen) atoms. The summed E-state index contributed by atoms with van der Waals surface area (Å²) in [5.74, 6) is 0.656. The topological polar surface area (TPSA) is 76.8 Å². The van der Waals surface area contributed by atoms with E-state index in [2.05, 4.69) is 10.2 Å². The third-order valence-electron chi connectivity index (χ3n) is 3.28. The Bertz CT molecular complexity index is 853. The number of nitro benzene ring substituents is 1. The van der Waals surface area contributed by atoms with E-state index in [0.29, 0.717) is 17.1 Å². The van der Waals surface area contributed by atoms with Gasteiger partial charge in [-0.3, -0.25) is 19.8 Å². The fourth-order valence-corrected chi connectivity index (χ4v) is 2.38. The van der Waals surface area contributed by atoms with Gasteiger partial charge in [0.25, 0.3) is 5.69 Å². The van der Waals surface area contributed by atoms with Gasteiger partial charge in [0.2, 0.25) is 0 Å². The highest BCUT2D eigenvalue weighted by Gasteiger charge is 2.11. The van der Waals surface area contributed by atoms with E-state index in [-0.39, 0.29) is 5.69 Å². The molecule has 6 nitrogen and oxygen atoms in total. The van der Waals surface area contributed by atoms with Crippen molar-refractivity contribution in [2.24, 2.45) is 0 Å². The number of nitrogens with zero attached hydrogens (tertiary/aromatic N) is 3. The van der Waals surface area contributed by atoms with Crippen molar-refractivity contribution in [1.29, 1.82) is 0 Å². The molecule has 0 atom stereocenters. The molecule has 0 aliphatic heterocycles. The van der Waals surface area contributed by atoms with Crippen molar-refractivity contribution in [3.63, 3.8) is 0 Å². The van der Waals surface area contributed by atoms with E-state index in [9.17, 15) is 10.1 Å². The van der Waals surface area contributed by atoms with E-state index in [1.807, 2.05) is 34.9 Å². The molecule has 7 heteroatoms. The summed E-state index contributed by atoms with van der Waals surface area (Å²) in [4.78, 5) is 10.3. The van der Waals surface area contributed by atoms with Gasteiger partial charge in [0.15, 0.2) is 10.6 Å². The lowest BCUT2D eigenvalue weighted by Gasteiger charge is -2.07. The van der Waals surface area contributed by atoms with Crippen molar-refractivity contribution < 1.29 is 4.92 Å². The molecule has 1 heterocycles. The van der Waals surface area contributed by atoms with Gasteiger partial charge in [-0.25, -0.2) is 0 Å². The number of nitro groups is 1. The van der Waals surface area contributed by atoms with Crippen molar-refractivity contribution in [3.8, 4) is 11.4 Å². The standard InChI is InChI=1S/C15H12N4O2S/c20-19(21)13-8-6-12(7-9-13)14-16-17-15(22)18(14)10-11-4-2-1-3-5-11/h1-9H,10H2,(H,17,22). The lowest BCUT2D eigenvalue weighted by Crippen LogP contribution is -2.02. The zero-order valence-corrected chi connectivity index (χ0v) is 12.3. The Morgan fingerprint density at radius 3 is 2.45 bits per heavy atom. The maximum absolute atomic E-state index is 10.7. The maximum atomic E-state index is 10.7. The second-order valence-corrected chi connectivity index (χ2v) is 5.11. The Balaban J connectivity index is 1.98. The second kappa shape index (κ2) is 5.90. The van der Waals surface area contributed by atoms with Crippen LogP contribution < -0.4 is 0 Å². The molecule has 1 aromatic heterocycles. The monoisotopic (exact) mass is 312 g/mol. The fraction of sp³-hybridized carbons (Fsp3) is 0.0667. The zero-order valence-electron chi connectivity index (χ0n) is 11.5. The molecule has 0 saturated carbocycles. The van der Waals surface area contributed by atoms with Crippen molar-refractivity contribution in [2.75, 3.05) is 0 Å².